The normalized spacial score (nSPS) is 19.0. The lowest BCUT2D eigenvalue weighted by molar-refractivity contribution is -0.199. The number of imide groups is 1. The monoisotopic (exact) mass is 456 g/mol. The standard InChI is InChI=1S/C19H28N4O9/c1-3-30-19(29)20-7-6-15(25)22-9-8-21(14(10-22)12-31-13(2)24)11-18(28)32-23-16(26)4-5-17(23)27/h14H,3-12H2,1-2H3,(H,20,29). The fourth-order valence-corrected chi connectivity index (χ4v) is 3.27. The molecule has 0 aromatic carbocycles. The van der Waals surface area contributed by atoms with Gasteiger partial charge in [0.25, 0.3) is 11.8 Å². The van der Waals surface area contributed by atoms with Crippen LogP contribution in [0.25, 0.3) is 0 Å². The molecule has 2 heterocycles. The zero-order valence-electron chi connectivity index (χ0n) is 18.2. The lowest BCUT2D eigenvalue weighted by Crippen LogP contribution is -2.58. The van der Waals surface area contributed by atoms with E-state index < -0.39 is 35.9 Å². The van der Waals surface area contributed by atoms with Crippen LogP contribution >= 0.6 is 0 Å². The molecule has 1 unspecified atom stereocenters. The molecule has 13 heteroatoms. The highest BCUT2D eigenvalue weighted by molar-refractivity contribution is 6.01. The van der Waals surface area contributed by atoms with Gasteiger partial charge in [-0.25, -0.2) is 9.59 Å². The number of alkyl carbamates (subject to hydrolysis) is 1. The van der Waals surface area contributed by atoms with E-state index >= 15 is 0 Å². The van der Waals surface area contributed by atoms with Gasteiger partial charge in [0, 0.05) is 52.4 Å². The fourth-order valence-electron chi connectivity index (χ4n) is 3.27. The average Bonchev–Trinajstić information content (AvgIpc) is 3.05. The summed E-state index contributed by atoms with van der Waals surface area (Å²) in [5.74, 6) is -2.69. The van der Waals surface area contributed by atoms with Crippen molar-refractivity contribution in [1.29, 1.82) is 0 Å². The number of esters is 1. The highest BCUT2D eigenvalue weighted by atomic mass is 16.7. The summed E-state index contributed by atoms with van der Waals surface area (Å²) in [6.45, 7) is 3.69. The molecule has 0 aromatic heterocycles. The zero-order chi connectivity index (χ0) is 23.7. The smallest absolute Gasteiger partial charge is 0.407 e. The number of amides is 4. The molecule has 0 spiro atoms. The first-order valence-corrected chi connectivity index (χ1v) is 10.3. The Labute approximate surface area is 184 Å². The number of carbonyl (C=O) groups excluding carboxylic acids is 6. The van der Waals surface area contributed by atoms with E-state index in [0.29, 0.717) is 11.6 Å². The highest BCUT2D eigenvalue weighted by Gasteiger charge is 2.35. The van der Waals surface area contributed by atoms with Crippen LogP contribution in [-0.4, -0.2) is 103 Å². The summed E-state index contributed by atoms with van der Waals surface area (Å²) in [4.78, 5) is 78.6. The van der Waals surface area contributed by atoms with Crippen LogP contribution < -0.4 is 5.32 Å². The maximum absolute atomic E-state index is 12.5. The first kappa shape index (κ1) is 25.0. The van der Waals surface area contributed by atoms with E-state index in [-0.39, 0.29) is 64.6 Å². The van der Waals surface area contributed by atoms with Crippen LogP contribution in [0.15, 0.2) is 0 Å². The van der Waals surface area contributed by atoms with Crippen LogP contribution in [0.5, 0.6) is 0 Å². The van der Waals surface area contributed by atoms with Gasteiger partial charge >= 0.3 is 18.0 Å². The number of nitrogens with one attached hydrogen (secondary N) is 1. The second-order valence-electron chi connectivity index (χ2n) is 7.21. The number of ether oxygens (including phenoxy) is 2. The molecule has 2 aliphatic rings. The minimum atomic E-state index is -0.806. The summed E-state index contributed by atoms with van der Waals surface area (Å²) in [6.07, 6.45) is -0.563. The minimum absolute atomic E-state index is 0.00695. The van der Waals surface area contributed by atoms with Crippen LogP contribution in [0.2, 0.25) is 0 Å². The number of hydrogen-bond donors (Lipinski definition) is 1. The Morgan fingerprint density at radius 1 is 1.06 bits per heavy atom. The summed E-state index contributed by atoms with van der Waals surface area (Å²) >= 11 is 0. The second kappa shape index (κ2) is 12.0. The Bertz CT molecular complexity index is 741. The summed E-state index contributed by atoms with van der Waals surface area (Å²) in [5, 5.41) is 2.94. The highest BCUT2D eigenvalue weighted by Crippen LogP contribution is 2.15. The van der Waals surface area contributed by atoms with Crippen LogP contribution in [0.3, 0.4) is 0 Å². The zero-order valence-corrected chi connectivity index (χ0v) is 18.2. The number of nitrogens with zero attached hydrogens (tertiary/aromatic N) is 3. The molecule has 13 nitrogen and oxygen atoms in total. The molecule has 1 N–H and O–H groups in total. The third kappa shape index (κ3) is 7.48. The molecule has 2 rings (SSSR count). The Balaban J connectivity index is 1.90. The molecule has 1 atom stereocenters. The van der Waals surface area contributed by atoms with Gasteiger partial charge in [-0.05, 0) is 6.92 Å². The maximum atomic E-state index is 12.5. The van der Waals surface area contributed by atoms with Crippen molar-refractivity contribution in [2.24, 2.45) is 0 Å². The Morgan fingerprint density at radius 2 is 1.75 bits per heavy atom. The summed E-state index contributed by atoms with van der Waals surface area (Å²) in [5.41, 5.74) is 0. The largest absolute Gasteiger partial charge is 0.464 e. The van der Waals surface area contributed by atoms with Crippen molar-refractivity contribution in [3.05, 3.63) is 0 Å². The Morgan fingerprint density at radius 3 is 2.38 bits per heavy atom. The minimum Gasteiger partial charge on any atom is -0.464 e. The molecule has 0 bridgehead atoms. The van der Waals surface area contributed by atoms with Crippen molar-refractivity contribution in [2.45, 2.75) is 39.2 Å². The lowest BCUT2D eigenvalue weighted by Gasteiger charge is -2.40. The number of piperazine rings is 1. The number of hydroxylamine groups is 2. The first-order valence-electron chi connectivity index (χ1n) is 10.3. The first-order chi connectivity index (χ1) is 15.2. The predicted molar refractivity (Wildman–Crippen MR) is 105 cm³/mol. The SMILES string of the molecule is CCOC(=O)NCCC(=O)N1CCN(CC(=O)ON2C(=O)CCC2=O)C(COC(C)=O)C1. The van der Waals surface area contributed by atoms with Gasteiger partial charge in [0.2, 0.25) is 5.91 Å². The van der Waals surface area contributed by atoms with E-state index in [4.69, 9.17) is 14.3 Å². The van der Waals surface area contributed by atoms with Gasteiger partial charge in [-0.2, -0.15) is 0 Å². The molecule has 0 saturated carbocycles. The lowest BCUT2D eigenvalue weighted by atomic mass is 10.1. The van der Waals surface area contributed by atoms with E-state index in [2.05, 4.69) is 5.32 Å². The van der Waals surface area contributed by atoms with Gasteiger partial charge in [-0.1, -0.05) is 0 Å². The van der Waals surface area contributed by atoms with Gasteiger partial charge < -0.3 is 24.5 Å². The number of carbonyl (C=O) groups is 6. The Kier molecular flexibility index (Phi) is 9.38. The van der Waals surface area contributed by atoms with E-state index in [1.165, 1.54) is 6.92 Å². The van der Waals surface area contributed by atoms with Crippen molar-refractivity contribution in [1.82, 2.24) is 20.2 Å². The van der Waals surface area contributed by atoms with Crippen molar-refractivity contribution in [3.8, 4) is 0 Å². The number of hydrogen-bond acceptors (Lipinski definition) is 10. The van der Waals surface area contributed by atoms with Crippen LogP contribution in [0.4, 0.5) is 4.79 Å². The summed E-state index contributed by atoms with van der Waals surface area (Å²) in [7, 11) is 0. The third-order valence-corrected chi connectivity index (χ3v) is 4.85. The maximum Gasteiger partial charge on any atom is 0.407 e. The molecule has 2 aliphatic heterocycles. The van der Waals surface area contributed by atoms with Gasteiger partial charge in [0.1, 0.15) is 6.61 Å². The van der Waals surface area contributed by atoms with Crippen LogP contribution in [0, 0.1) is 0 Å². The molecule has 0 aliphatic carbocycles. The predicted octanol–water partition coefficient (Wildman–Crippen LogP) is -1.19. The molecule has 4 amide bonds. The second-order valence-corrected chi connectivity index (χ2v) is 7.21. The van der Waals surface area contributed by atoms with Crippen LogP contribution in [-0.2, 0) is 38.3 Å². The van der Waals surface area contributed by atoms with Crippen molar-refractivity contribution >= 4 is 35.8 Å². The van der Waals surface area contributed by atoms with E-state index in [0.717, 1.165) is 0 Å². The molecular weight excluding hydrogens is 428 g/mol. The third-order valence-electron chi connectivity index (χ3n) is 4.85. The summed E-state index contributed by atoms with van der Waals surface area (Å²) in [6, 6.07) is -0.493. The van der Waals surface area contributed by atoms with Gasteiger partial charge in [-0.15, -0.1) is 5.06 Å². The topological polar surface area (TPSA) is 152 Å². The van der Waals surface area contributed by atoms with Crippen molar-refractivity contribution in [3.63, 3.8) is 0 Å². The number of rotatable bonds is 9. The molecule has 2 saturated heterocycles. The summed E-state index contributed by atoms with van der Waals surface area (Å²) < 4.78 is 9.80. The van der Waals surface area contributed by atoms with E-state index in [9.17, 15) is 28.8 Å². The Hall–Kier alpha value is -3.22. The fraction of sp³-hybridized carbons (Fsp3) is 0.684. The van der Waals surface area contributed by atoms with Gasteiger partial charge in [0.05, 0.1) is 19.2 Å². The molecule has 0 radical (unpaired) electrons. The van der Waals surface area contributed by atoms with Crippen molar-refractivity contribution < 1.29 is 43.1 Å². The van der Waals surface area contributed by atoms with Crippen molar-refractivity contribution in [2.75, 3.05) is 45.9 Å². The van der Waals surface area contributed by atoms with Gasteiger partial charge in [0.15, 0.2) is 0 Å². The quantitative estimate of drug-likeness (QED) is 0.331. The average molecular weight is 456 g/mol. The molecular formula is C19H28N4O9. The molecule has 178 valence electrons. The van der Waals surface area contributed by atoms with E-state index in [1.807, 2.05) is 0 Å². The van der Waals surface area contributed by atoms with E-state index in [1.54, 1.807) is 16.7 Å². The molecule has 2 fully saturated rings. The molecule has 0 aromatic rings. The van der Waals surface area contributed by atoms with Gasteiger partial charge in [-0.3, -0.25) is 24.1 Å². The molecule has 32 heavy (non-hydrogen) atoms. The van der Waals surface area contributed by atoms with Crippen LogP contribution in [0.1, 0.15) is 33.1 Å².